The second-order valence-corrected chi connectivity index (χ2v) is 4.61. The molecule has 92 valence electrons. The van der Waals surface area contributed by atoms with Crippen molar-refractivity contribution in [1.29, 1.82) is 0 Å². The summed E-state index contributed by atoms with van der Waals surface area (Å²) in [6.45, 7) is 1.18. The zero-order valence-electron chi connectivity index (χ0n) is 9.11. The minimum atomic E-state index is -0.844. The van der Waals surface area contributed by atoms with E-state index in [4.69, 9.17) is 20.9 Å². The molecule has 17 heavy (non-hydrogen) atoms. The predicted molar refractivity (Wildman–Crippen MR) is 65.9 cm³/mol. The van der Waals surface area contributed by atoms with Crippen LogP contribution in [0.15, 0.2) is 16.6 Å². The monoisotopic (exact) mass is 300 g/mol. The van der Waals surface area contributed by atoms with E-state index in [2.05, 4.69) is 15.9 Å². The van der Waals surface area contributed by atoms with Crippen molar-refractivity contribution in [2.45, 2.75) is 12.5 Å². The van der Waals surface area contributed by atoms with E-state index in [0.717, 1.165) is 6.42 Å². The second kappa shape index (κ2) is 4.93. The van der Waals surface area contributed by atoms with Crippen molar-refractivity contribution in [1.82, 2.24) is 0 Å². The van der Waals surface area contributed by atoms with Gasteiger partial charge in [-0.1, -0.05) is 0 Å². The van der Waals surface area contributed by atoms with Gasteiger partial charge in [-0.3, -0.25) is 4.79 Å². The molecule has 1 unspecified atom stereocenters. The fourth-order valence-corrected chi connectivity index (χ4v) is 2.17. The van der Waals surface area contributed by atoms with Crippen LogP contribution in [0.4, 0.5) is 0 Å². The third-order valence-electron chi connectivity index (χ3n) is 2.49. The SMILES string of the molecule is NC(=O)C(N)c1cc(Br)c2c(c1)OCCCO2. The van der Waals surface area contributed by atoms with Gasteiger partial charge in [0.2, 0.25) is 5.91 Å². The van der Waals surface area contributed by atoms with Crippen LogP contribution in [-0.4, -0.2) is 19.1 Å². The highest BCUT2D eigenvalue weighted by Gasteiger charge is 2.19. The summed E-state index contributed by atoms with van der Waals surface area (Å²) in [5.74, 6) is 0.651. The maximum absolute atomic E-state index is 11.1. The van der Waals surface area contributed by atoms with Crippen molar-refractivity contribution >= 4 is 21.8 Å². The molecule has 0 saturated carbocycles. The molecule has 0 saturated heterocycles. The van der Waals surface area contributed by atoms with Crippen LogP contribution in [-0.2, 0) is 4.79 Å². The van der Waals surface area contributed by atoms with Crippen molar-refractivity contribution in [2.75, 3.05) is 13.2 Å². The average Bonchev–Trinajstić information content (AvgIpc) is 2.53. The zero-order chi connectivity index (χ0) is 12.4. The molecule has 1 aliphatic rings. The molecule has 0 radical (unpaired) electrons. The fourth-order valence-electron chi connectivity index (χ4n) is 1.59. The van der Waals surface area contributed by atoms with Gasteiger partial charge >= 0.3 is 0 Å². The van der Waals surface area contributed by atoms with E-state index in [-0.39, 0.29) is 0 Å². The summed E-state index contributed by atoms with van der Waals surface area (Å²) in [5.41, 5.74) is 11.5. The Balaban J connectivity index is 2.42. The fraction of sp³-hybridized carbons (Fsp3) is 0.364. The topological polar surface area (TPSA) is 87.6 Å². The molecule has 1 amide bonds. The van der Waals surface area contributed by atoms with Crippen LogP contribution in [0.5, 0.6) is 11.5 Å². The Labute approximate surface area is 107 Å². The van der Waals surface area contributed by atoms with Crippen LogP contribution in [0, 0.1) is 0 Å². The Morgan fingerprint density at radius 3 is 2.76 bits per heavy atom. The quantitative estimate of drug-likeness (QED) is 0.856. The first-order chi connectivity index (χ1) is 8.09. The van der Waals surface area contributed by atoms with Crippen LogP contribution >= 0.6 is 15.9 Å². The molecular weight excluding hydrogens is 288 g/mol. The molecule has 1 aromatic carbocycles. The van der Waals surface area contributed by atoms with Crippen molar-refractivity contribution in [2.24, 2.45) is 11.5 Å². The van der Waals surface area contributed by atoms with Gasteiger partial charge in [0.25, 0.3) is 0 Å². The van der Waals surface area contributed by atoms with Crippen molar-refractivity contribution in [3.63, 3.8) is 0 Å². The molecule has 1 heterocycles. The van der Waals surface area contributed by atoms with Crippen molar-refractivity contribution in [3.05, 3.63) is 22.2 Å². The van der Waals surface area contributed by atoms with Gasteiger partial charge in [0.15, 0.2) is 11.5 Å². The number of fused-ring (bicyclic) bond motifs is 1. The number of primary amides is 1. The van der Waals surface area contributed by atoms with Gasteiger partial charge in [0, 0.05) is 6.42 Å². The lowest BCUT2D eigenvalue weighted by Gasteiger charge is -2.14. The standard InChI is InChI=1S/C11H13BrN2O3/c12-7-4-6(9(13)11(14)15)5-8-10(7)17-3-1-2-16-8/h4-5,9H,1-3,13H2,(H2,14,15). The highest BCUT2D eigenvalue weighted by Crippen LogP contribution is 2.39. The van der Waals surface area contributed by atoms with Crippen molar-refractivity contribution in [3.8, 4) is 11.5 Å². The second-order valence-electron chi connectivity index (χ2n) is 3.76. The summed E-state index contributed by atoms with van der Waals surface area (Å²) in [6.07, 6.45) is 0.818. The molecule has 5 nitrogen and oxygen atoms in total. The lowest BCUT2D eigenvalue weighted by molar-refractivity contribution is -0.119. The summed E-state index contributed by atoms with van der Waals surface area (Å²) in [4.78, 5) is 11.1. The molecule has 1 atom stereocenters. The largest absolute Gasteiger partial charge is 0.490 e. The number of ether oxygens (including phenoxy) is 2. The summed E-state index contributed by atoms with van der Waals surface area (Å²) in [7, 11) is 0. The molecule has 0 aromatic heterocycles. The van der Waals surface area contributed by atoms with E-state index in [0.29, 0.717) is 34.7 Å². The van der Waals surface area contributed by atoms with Crippen LogP contribution in [0.25, 0.3) is 0 Å². The van der Waals surface area contributed by atoms with Gasteiger partial charge in [-0.05, 0) is 33.6 Å². The molecule has 1 aromatic rings. The van der Waals surface area contributed by atoms with Gasteiger partial charge in [-0.2, -0.15) is 0 Å². The van der Waals surface area contributed by atoms with E-state index in [9.17, 15) is 4.79 Å². The summed E-state index contributed by atoms with van der Waals surface area (Å²) in [5, 5.41) is 0. The minimum Gasteiger partial charge on any atom is -0.490 e. The number of benzene rings is 1. The third-order valence-corrected chi connectivity index (χ3v) is 3.08. The van der Waals surface area contributed by atoms with Crippen LogP contribution in [0.1, 0.15) is 18.0 Å². The lowest BCUT2D eigenvalue weighted by Crippen LogP contribution is -2.28. The predicted octanol–water partition coefficient (Wildman–Crippen LogP) is 1.10. The number of rotatable bonds is 2. The molecule has 4 N–H and O–H groups in total. The molecule has 2 rings (SSSR count). The number of carbonyl (C=O) groups excluding carboxylic acids is 1. The van der Waals surface area contributed by atoms with E-state index < -0.39 is 11.9 Å². The molecule has 0 spiro atoms. The maximum atomic E-state index is 11.1. The number of hydrogen-bond acceptors (Lipinski definition) is 4. The van der Waals surface area contributed by atoms with E-state index >= 15 is 0 Å². The highest BCUT2D eigenvalue weighted by atomic mass is 79.9. The Bertz CT molecular complexity index is 451. The molecular formula is C11H13BrN2O3. The Kier molecular flexibility index (Phi) is 3.54. The van der Waals surface area contributed by atoms with Crippen molar-refractivity contribution < 1.29 is 14.3 Å². The first-order valence-corrected chi connectivity index (χ1v) is 6.03. The van der Waals surface area contributed by atoms with Crippen LogP contribution < -0.4 is 20.9 Å². The van der Waals surface area contributed by atoms with Gasteiger partial charge in [-0.15, -0.1) is 0 Å². The number of nitrogens with two attached hydrogens (primary N) is 2. The first kappa shape index (κ1) is 12.2. The Morgan fingerprint density at radius 1 is 1.35 bits per heavy atom. The molecule has 0 bridgehead atoms. The number of hydrogen-bond donors (Lipinski definition) is 2. The van der Waals surface area contributed by atoms with E-state index in [1.165, 1.54) is 0 Å². The van der Waals surface area contributed by atoms with Gasteiger partial charge < -0.3 is 20.9 Å². The smallest absolute Gasteiger partial charge is 0.238 e. The normalized spacial score (nSPS) is 16.1. The summed E-state index contributed by atoms with van der Waals surface area (Å²) in [6, 6.07) is 2.58. The van der Waals surface area contributed by atoms with Crippen LogP contribution in [0.2, 0.25) is 0 Å². The lowest BCUT2D eigenvalue weighted by atomic mass is 10.1. The maximum Gasteiger partial charge on any atom is 0.238 e. The molecule has 1 aliphatic heterocycles. The number of amides is 1. The zero-order valence-corrected chi connectivity index (χ0v) is 10.7. The molecule has 0 fully saturated rings. The summed E-state index contributed by atoms with van der Waals surface area (Å²) >= 11 is 3.37. The van der Waals surface area contributed by atoms with E-state index in [1.807, 2.05) is 0 Å². The number of halogens is 1. The summed E-state index contributed by atoms with van der Waals surface area (Å²) < 4.78 is 11.8. The Morgan fingerprint density at radius 2 is 2.06 bits per heavy atom. The van der Waals surface area contributed by atoms with Gasteiger partial charge in [0.1, 0.15) is 6.04 Å². The Hall–Kier alpha value is -1.27. The van der Waals surface area contributed by atoms with Gasteiger partial charge in [0.05, 0.1) is 17.7 Å². The third kappa shape index (κ3) is 2.53. The molecule has 0 aliphatic carbocycles. The first-order valence-electron chi connectivity index (χ1n) is 5.23. The highest BCUT2D eigenvalue weighted by molar-refractivity contribution is 9.10. The van der Waals surface area contributed by atoms with Gasteiger partial charge in [-0.25, -0.2) is 0 Å². The number of carbonyl (C=O) groups is 1. The van der Waals surface area contributed by atoms with Crippen LogP contribution in [0.3, 0.4) is 0 Å². The van der Waals surface area contributed by atoms with E-state index in [1.54, 1.807) is 12.1 Å². The minimum absolute atomic E-state index is 0.577. The average molecular weight is 301 g/mol. The molecule has 6 heteroatoms.